The number of amides is 2. The van der Waals surface area contributed by atoms with Gasteiger partial charge in [0.2, 0.25) is 0 Å². The Hall–Kier alpha value is -2.50. The average Bonchev–Trinajstić information content (AvgIpc) is 2.87. The molecular formula is C18H26N4O2. The molecule has 0 spiro atoms. The quantitative estimate of drug-likeness (QED) is 0.819. The molecule has 1 atom stereocenters. The van der Waals surface area contributed by atoms with Crippen LogP contribution in [0.1, 0.15) is 31.5 Å². The summed E-state index contributed by atoms with van der Waals surface area (Å²) in [6.07, 6.45) is 3.68. The number of nitrogens with one attached hydrogen (secondary N) is 2. The van der Waals surface area contributed by atoms with E-state index in [1.807, 2.05) is 56.0 Å². The van der Waals surface area contributed by atoms with Crippen LogP contribution in [0.15, 0.2) is 30.5 Å². The maximum absolute atomic E-state index is 12.0. The third-order valence-electron chi connectivity index (χ3n) is 4.02. The van der Waals surface area contributed by atoms with Gasteiger partial charge in [-0.25, -0.2) is 4.79 Å². The summed E-state index contributed by atoms with van der Waals surface area (Å²) >= 11 is 0. The second kappa shape index (κ2) is 8.38. The molecule has 0 saturated carbocycles. The summed E-state index contributed by atoms with van der Waals surface area (Å²) in [6.45, 7) is 6.67. The van der Waals surface area contributed by atoms with E-state index in [9.17, 15) is 4.79 Å². The number of anilines is 1. The van der Waals surface area contributed by atoms with Crippen molar-refractivity contribution in [1.82, 2.24) is 15.1 Å². The lowest BCUT2D eigenvalue weighted by Gasteiger charge is -2.14. The number of nitrogens with zero attached hydrogens (tertiary/aromatic N) is 2. The van der Waals surface area contributed by atoms with E-state index in [0.29, 0.717) is 12.2 Å². The molecule has 0 aliphatic rings. The van der Waals surface area contributed by atoms with Gasteiger partial charge in [-0.1, -0.05) is 13.0 Å². The van der Waals surface area contributed by atoms with Crippen molar-refractivity contribution in [2.24, 2.45) is 7.05 Å². The average molecular weight is 330 g/mol. The Kier molecular flexibility index (Phi) is 6.23. The normalized spacial score (nSPS) is 11.8. The molecule has 2 amide bonds. The molecule has 6 nitrogen and oxygen atoms in total. The highest BCUT2D eigenvalue weighted by molar-refractivity contribution is 5.89. The molecule has 0 saturated heterocycles. The SMILES string of the molecule is CCC(C)Oc1cccc(NC(=O)NCCc2cnn(C)c2C)c1. The Morgan fingerprint density at radius 3 is 2.88 bits per heavy atom. The summed E-state index contributed by atoms with van der Waals surface area (Å²) in [5, 5.41) is 9.88. The lowest BCUT2D eigenvalue weighted by atomic mass is 10.2. The van der Waals surface area contributed by atoms with Crippen LogP contribution >= 0.6 is 0 Å². The summed E-state index contributed by atoms with van der Waals surface area (Å²) in [5.74, 6) is 0.758. The Morgan fingerprint density at radius 2 is 2.21 bits per heavy atom. The van der Waals surface area contributed by atoms with Gasteiger partial charge in [0.15, 0.2) is 0 Å². The van der Waals surface area contributed by atoms with E-state index in [-0.39, 0.29) is 12.1 Å². The van der Waals surface area contributed by atoms with Gasteiger partial charge in [0.05, 0.1) is 12.3 Å². The predicted octanol–water partition coefficient (Wildman–Crippen LogP) is 3.27. The Balaban J connectivity index is 1.81. The van der Waals surface area contributed by atoms with Gasteiger partial charge in [-0.3, -0.25) is 4.68 Å². The first-order valence-corrected chi connectivity index (χ1v) is 8.28. The van der Waals surface area contributed by atoms with Crippen molar-refractivity contribution < 1.29 is 9.53 Å². The van der Waals surface area contributed by atoms with Gasteiger partial charge in [0.1, 0.15) is 5.75 Å². The fourth-order valence-corrected chi connectivity index (χ4v) is 2.24. The molecule has 1 heterocycles. The fraction of sp³-hybridized carbons (Fsp3) is 0.444. The minimum atomic E-state index is -0.225. The number of aryl methyl sites for hydroxylation is 1. The van der Waals surface area contributed by atoms with Gasteiger partial charge in [0, 0.05) is 31.0 Å². The Morgan fingerprint density at radius 1 is 1.42 bits per heavy atom. The third-order valence-corrected chi connectivity index (χ3v) is 4.02. The summed E-state index contributed by atoms with van der Waals surface area (Å²) in [7, 11) is 1.91. The van der Waals surface area contributed by atoms with Crippen LogP contribution in [-0.2, 0) is 13.5 Å². The van der Waals surface area contributed by atoms with E-state index in [1.165, 1.54) is 0 Å². The molecule has 2 rings (SSSR count). The lowest BCUT2D eigenvalue weighted by Crippen LogP contribution is -2.30. The van der Waals surface area contributed by atoms with Crippen LogP contribution in [-0.4, -0.2) is 28.5 Å². The van der Waals surface area contributed by atoms with E-state index >= 15 is 0 Å². The molecule has 0 aliphatic carbocycles. The molecule has 1 aromatic heterocycles. The molecule has 0 fully saturated rings. The zero-order valence-corrected chi connectivity index (χ0v) is 14.8. The second-order valence-electron chi connectivity index (χ2n) is 5.87. The number of rotatable bonds is 7. The number of benzene rings is 1. The van der Waals surface area contributed by atoms with Crippen LogP contribution in [0.2, 0.25) is 0 Å². The van der Waals surface area contributed by atoms with Gasteiger partial charge in [0.25, 0.3) is 0 Å². The number of carbonyl (C=O) groups is 1. The van der Waals surface area contributed by atoms with E-state index in [2.05, 4.69) is 22.7 Å². The Labute approximate surface area is 143 Å². The molecular weight excluding hydrogens is 304 g/mol. The summed E-state index contributed by atoms with van der Waals surface area (Å²) in [5.41, 5.74) is 2.97. The number of urea groups is 1. The smallest absolute Gasteiger partial charge is 0.319 e. The third kappa shape index (κ3) is 5.01. The maximum atomic E-state index is 12.0. The topological polar surface area (TPSA) is 68.2 Å². The van der Waals surface area contributed by atoms with Crippen LogP contribution < -0.4 is 15.4 Å². The molecule has 6 heteroatoms. The summed E-state index contributed by atoms with van der Waals surface area (Å²) in [6, 6.07) is 7.20. The van der Waals surface area contributed by atoms with E-state index in [4.69, 9.17) is 4.74 Å². The number of carbonyl (C=O) groups excluding carboxylic acids is 1. The van der Waals surface area contributed by atoms with Crippen molar-refractivity contribution in [1.29, 1.82) is 0 Å². The van der Waals surface area contributed by atoms with Crippen LogP contribution in [0, 0.1) is 6.92 Å². The molecule has 0 bridgehead atoms. The molecule has 0 radical (unpaired) electrons. The van der Waals surface area contributed by atoms with Crippen molar-refractivity contribution in [3.8, 4) is 5.75 Å². The first-order chi connectivity index (χ1) is 11.5. The Bertz CT molecular complexity index is 681. The number of hydrogen-bond acceptors (Lipinski definition) is 3. The van der Waals surface area contributed by atoms with Crippen molar-refractivity contribution in [3.63, 3.8) is 0 Å². The van der Waals surface area contributed by atoms with E-state index in [0.717, 1.165) is 29.8 Å². The minimum absolute atomic E-state index is 0.150. The van der Waals surface area contributed by atoms with Gasteiger partial charge in [-0.2, -0.15) is 5.10 Å². The van der Waals surface area contributed by atoms with Crippen molar-refractivity contribution in [2.75, 3.05) is 11.9 Å². The molecule has 130 valence electrons. The zero-order valence-electron chi connectivity index (χ0n) is 14.8. The van der Waals surface area contributed by atoms with Crippen LogP contribution in [0.5, 0.6) is 5.75 Å². The largest absolute Gasteiger partial charge is 0.491 e. The molecule has 2 aromatic rings. The number of hydrogen-bond donors (Lipinski definition) is 2. The molecule has 24 heavy (non-hydrogen) atoms. The van der Waals surface area contributed by atoms with Crippen molar-refractivity contribution in [3.05, 3.63) is 41.7 Å². The monoisotopic (exact) mass is 330 g/mol. The highest BCUT2D eigenvalue weighted by atomic mass is 16.5. The van der Waals surface area contributed by atoms with Gasteiger partial charge < -0.3 is 15.4 Å². The summed E-state index contributed by atoms with van der Waals surface area (Å²) in [4.78, 5) is 12.0. The lowest BCUT2D eigenvalue weighted by molar-refractivity contribution is 0.217. The van der Waals surface area contributed by atoms with Gasteiger partial charge in [-0.15, -0.1) is 0 Å². The molecule has 1 aromatic carbocycles. The first kappa shape index (κ1) is 17.8. The fourth-order valence-electron chi connectivity index (χ4n) is 2.24. The summed E-state index contributed by atoms with van der Waals surface area (Å²) < 4.78 is 7.59. The maximum Gasteiger partial charge on any atom is 0.319 e. The highest BCUT2D eigenvalue weighted by Crippen LogP contribution is 2.19. The van der Waals surface area contributed by atoms with Crippen LogP contribution in [0.4, 0.5) is 10.5 Å². The van der Waals surface area contributed by atoms with E-state index in [1.54, 1.807) is 0 Å². The van der Waals surface area contributed by atoms with E-state index < -0.39 is 0 Å². The van der Waals surface area contributed by atoms with Gasteiger partial charge >= 0.3 is 6.03 Å². The number of ether oxygens (including phenoxy) is 1. The number of aromatic nitrogens is 2. The zero-order chi connectivity index (χ0) is 17.5. The minimum Gasteiger partial charge on any atom is -0.491 e. The molecule has 2 N–H and O–H groups in total. The first-order valence-electron chi connectivity index (χ1n) is 8.28. The van der Waals surface area contributed by atoms with Crippen LogP contribution in [0.25, 0.3) is 0 Å². The van der Waals surface area contributed by atoms with Crippen molar-refractivity contribution >= 4 is 11.7 Å². The predicted molar refractivity (Wildman–Crippen MR) is 95.5 cm³/mol. The van der Waals surface area contributed by atoms with Crippen LogP contribution in [0.3, 0.4) is 0 Å². The standard InChI is InChI=1S/C18H26N4O2/c1-5-13(2)24-17-8-6-7-16(11-17)21-18(23)19-10-9-15-12-20-22(4)14(15)3/h6-8,11-13H,5,9-10H2,1-4H3,(H2,19,21,23). The molecule has 0 aliphatic heterocycles. The van der Waals surface area contributed by atoms with Crippen molar-refractivity contribution in [2.45, 2.75) is 39.7 Å². The highest BCUT2D eigenvalue weighted by Gasteiger charge is 2.07. The molecule has 1 unspecified atom stereocenters. The second-order valence-corrected chi connectivity index (χ2v) is 5.87. The van der Waals surface area contributed by atoms with Gasteiger partial charge in [-0.05, 0) is 44.4 Å².